The van der Waals surface area contributed by atoms with Crippen LogP contribution in [0.2, 0.25) is 0 Å². The predicted molar refractivity (Wildman–Crippen MR) is 476 cm³/mol. The van der Waals surface area contributed by atoms with Crippen LogP contribution in [0.4, 0.5) is 0 Å². The highest BCUT2D eigenvalue weighted by Crippen LogP contribution is 2.76. The van der Waals surface area contributed by atoms with Gasteiger partial charge in [-0.15, -0.1) is 0 Å². The fraction of sp³-hybridized carbons (Fsp3) is 0.875. The van der Waals surface area contributed by atoms with Gasteiger partial charge in [0.25, 0.3) is 5.91 Å². The highest BCUT2D eigenvalue weighted by molar-refractivity contribution is 5.82. The molecule has 5 aliphatic carbocycles. The Morgan fingerprint density at radius 2 is 0.957 bits per heavy atom. The Labute approximate surface area is 817 Å². The Kier molecular flexibility index (Phi) is 36.4. The molecule has 0 aromatic heterocycles. The van der Waals surface area contributed by atoms with Crippen LogP contribution in [-0.2, 0) is 106 Å². The van der Waals surface area contributed by atoms with Gasteiger partial charge in [0.15, 0.2) is 56.2 Å². The average molecular weight is 2020 g/mol. The number of benzene rings is 1. The first-order valence-electron chi connectivity index (χ1n) is 49.6. The Morgan fingerprint density at radius 1 is 0.454 bits per heavy atom. The van der Waals surface area contributed by atoms with Crippen molar-refractivity contribution in [2.45, 2.75) is 430 Å². The van der Waals surface area contributed by atoms with E-state index >= 15 is 4.79 Å². The molecule has 45 heteroatoms. The molecule has 48 atom stereocenters. The third kappa shape index (κ3) is 22.3. The van der Waals surface area contributed by atoms with Crippen LogP contribution in [0.5, 0.6) is 11.5 Å². The second-order valence-electron chi connectivity index (χ2n) is 42.8. The lowest BCUT2D eigenvalue weighted by molar-refractivity contribution is -0.399. The van der Waals surface area contributed by atoms with Crippen LogP contribution in [0.25, 0.3) is 0 Å². The number of esters is 2. The number of nitrogens with one attached hydrogen (secondary N) is 1. The molecule has 14 rings (SSSR count). The Hall–Kier alpha value is -4.80. The molecule has 1 aromatic rings. The first-order chi connectivity index (χ1) is 66.7. The van der Waals surface area contributed by atoms with Crippen LogP contribution in [-0.4, -0.2) is 424 Å². The normalized spacial score (nSPS) is 47.7. The van der Waals surface area contributed by atoms with Crippen LogP contribution >= 0.6 is 0 Å². The summed E-state index contributed by atoms with van der Waals surface area (Å²) in [5, 5.41) is 241. The number of aldehydes is 1. The molecular formula is C96H151NO44. The standard InChI is InChI=1S/C96H151NO44/c1-41-58(105)64(111)69(116)84(128-41)136-76-71(118)78(81(121)97-29-19-17-15-13-12-14-16-18-20-57(104)125-37-44-30-45(123-10)32-46(31-44)124-11)138-89(80(76)140-85-70(117)65(112)62(109)51(35-98)131-85)133-56-24-25-92(6)53(93(56,7)40-100)23-26-94(8)54(92)22-21-47-48-33-91(4,5)27-28-96(48,55(103)34-95(47,94)9)90(122)141-88-79(66(113)59(106)42(2)129-88)139-86-73(120)77(74(43(3)130-86)134-82-67(114)60(107)49(101)38-126-82)137-87-72(119)75(63(110)52(36-99)132-87)135-83-68(115)61(108)50(102)39-127-83/h21,30-32,40-43,48-56,58-80,82-89,98-99,101-103,105-120H,12-20,22-29,33-39H2,1-11H3,(H,97,121)/t41-,42+,43-,48-,49+,50+,51+,52+,53+,54+,55+,56-,58-,59-,60-,61-,62-,63+,64+,65-,66-,67+,68+,69+,70+,71-,72+,73+,74-,75-,76-,77-,78-,79+,80+,82-,83-,84-,85-,86-,87-,88-,89+,92-,93-,94+,95+,96+/m0/s1. The van der Waals surface area contributed by atoms with Gasteiger partial charge < -0.3 is 207 Å². The maximum Gasteiger partial charge on any atom is 0.317 e. The van der Waals surface area contributed by atoms with E-state index in [0.29, 0.717) is 69.3 Å². The molecule has 4 saturated carbocycles. The number of methoxy groups -OCH3 is 2. The first kappa shape index (κ1) is 112. The van der Waals surface area contributed by atoms with E-state index in [4.69, 9.17) is 90.0 Å². The van der Waals surface area contributed by atoms with Crippen LogP contribution in [0.15, 0.2) is 29.8 Å². The number of hydrogen-bond acceptors (Lipinski definition) is 44. The molecule has 12 fully saturated rings. The van der Waals surface area contributed by atoms with Crippen LogP contribution in [0.3, 0.4) is 0 Å². The summed E-state index contributed by atoms with van der Waals surface area (Å²) in [5.74, 6) is -2.62. The van der Waals surface area contributed by atoms with Gasteiger partial charge in [-0.2, -0.15) is 0 Å². The fourth-order valence-corrected chi connectivity index (χ4v) is 24.6. The van der Waals surface area contributed by atoms with Crippen LogP contribution < -0.4 is 14.8 Å². The van der Waals surface area contributed by atoms with Crippen molar-refractivity contribution in [2.24, 2.45) is 50.2 Å². The number of carbonyl (C=O) groups is 4. The molecular weight excluding hydrogens is 1870 g/mol. The number of hydrogen-bond donors (Lipinski definition) is 22. The highest BCUT2D eigenvalue weighted by atomic mass is 16.8. The topological polar surface area (TPSA) is 681 Å². The number of amides is 1. The average Bonchev–Trinajstić information content (AvgIpc) is 0.667. The second kappa shape index (κ2) is 45.9. The number of unbranched alkanes of at least 4 members (excludes halogenated alkanes) is 7. The highest BCUT2D eigenvalue weighted by Gasteiger charge is 2.74. The van der Waals surface area contributed by atoms with Gasteiger partial charge in [-0.3, -0.25) is 14.4 Å². The molecule has 0 bridgehead atoms. The lowest BCUT2D eigenvalue weighted by Gasteiger charge is -2.71. The minimum atomic E-state index is -2.24. The summed E-state index contributed by atoms with van der Waals surface area (Å²) >= 11 is 0. The Morgan fingerprint density at radius 3 is 1.56 bits per heavy atom. The Balaban J connectivity index is 0.693. The number of fused-ring (bicyclic) bond motifs is 7. The molecule has 0 radical (unpaired) electrons. The maximum atomic E-state index is 16.2. The maximum absolute atomic E-state index is 16.2. The molecule has 1 aromatic carbocycles. The zero-order valence-corrected chi connectivity index (χ0v) is 81.5. The van der Waals surface area contributed by atoms with Gasteiger partial charge in [0.2, 0.25) is 6.29 Å². The molecule has 13 aliphatic rings. The van der Waals surface area contributed by atoms with Crippen molar-refractivity contribution in [1.29, 1.82) is 0 Å². The van der Waals surface area contributed by atoms with E-state index in [0.717, 1.165) is 49.5 Å². The summed E-state index contributed by atoms with van der Waals surface area (Å²) in [7, 11) is 3.06. The van der Waals surface area contributed by atoms with E-state index < -0.39 is 328 Å². The number of allylic oxidation sites excluding steroid dienone is 2. The van der Waals surface area contributed by atoms with Crippen LogP contribution in [0.1, 0.15) is 183 Å². The molecule has 8 aliphatic heterocycles. The quantitative estimate of drug-likeness (QED) is 0.0102. The fourth-order valence-electron chi connectivity index (χ4n) is 24.6. The monoisotopic (exact) mass is 2020 g/mol. The van der Waals surface area contributed by atoms with Crippen molar-refractivity contribution in [2.75, 3.05) is 47.2 Å². The molecule has 0 spiro atoms. The molecule has 45 nitrogen and oxygen atoms in total. The van der Waals surface area contributed by atoms with Gasteiger partial charge in [-0.25, -0.2) is 0 Å². The number of ether oxygens (including phenoxy) is 19. The summed E-state index contributed by atoms with van der Waals surface area (Å²) in [4.78, 5) is 58.4. The number of rotatable bonds is 35. The van der Waals surface area contributed by atoms with Crippen molar-refractivity contribution in [1.82, 2.24) is 5.32 Å². The summed E-state index contributed by atoms with van der Waals surface area (Å²) < 4.78 is 115. The number of carbonyl (C=O) groups excluding carboxylic acids is 4. The van der Waals surface area contributed by atoms with Gasteiger partial charge in [0.05, 0.1) is 76.6 Å². The lowest BCUT2D eigenvalue weighted by atomic mass is 9.33. The van der Waals surface area contributed by atoms with Gasteiger partial charge in [-0.05, 0) is 149 Å². The van der Waals surface area contributed by atoms with E-state index in [1.54, 1.807) is 25.1 Å². The van der Waals surface area contributed by atoms with Gasteiger partial charge in [0.1, 0.15) is 182 Å². The molecule has 0 unspecified atom stereocenters. The number of aliphatic hydroxyl groups is 21. The van der Waals surface area contributed by atoms with E-state index in [-0.39, 0.29) is 50.7 Å². The molecule has 8 heterocycles. The molecule has 8 saturated heterocycles. The van der Waals surface area contributed by atoms with Crippen molar-refractivity contribution < 1.29 is 216 Å². The van der Waals surface area contributed by atoms with Gasteiger partial charge >= 0.3 is 11.9 Å². The zero-order chi connectivity index (χ0) is 103. The van der Waals surface area contributed by atoms with Crippen molar-refractivity contribution >= 4 is 24.1 Å². The van der Waals surface area contributed by atoms with Crippen LogP contribution in [0, 0.1) is 50.2 Å². The minimum Gasteiger partial charge on any atom is -0.497 e. The van der Waals surface area contributed by atoms with E-state index in [1.807, 2.05) is 0 Å². The first-order valence-corrected chi connectivity index (χ1v) is 49.6. The SMILES string of the molecule is COc1cc(COC(=O)CCCCCCCCCCNC(=O)[C@H]2O[C@@H](O[C@H]3CC[C@]4(C)[C@H]5CC=C6[C@@H]7CC(C)(C)CC[C@]7(C(=O)O[C@@H]7O[C@H](C)[C@H](O)[C@H](O)[C@H]7O[C@@H]7O[C@@H](C)[C@H](O[C@@H]8OC[C@@H](O)[C@H](O)[C@H]8O)[C@@H](O[C@@H]8O[C@H](CO)[C@@H](O)[C@H](O[C@@H]9OC[C@@H](O)[C@H](O)[C@H]9O)[C@H]8O)[C@H]7O)[C@H](O)C[C@@]6(C)[C@]5(C)CC[C@H]4[C@]3(C)C=O)[C@H](O[C@@H]3O[C@H](CO)[C@H](O)[C@H](O)[C@H]3O)[C@@H](O[C@@H]3O[C@@H](C)[C@H](O)[C@@H](O)[C@H]3O)[C@@H]2O)cc(OC)c1. The van der Waals surface area contributed by atoms with Gasteiger partial charge in [-0.1, -0.05) is 91.7 Å². The minimum absolute atomic E-state index is 0.0193. The largest absolute Gasteiger partial charge is 0.497 e. The third-order valence-electron chi connectivity index (χ3n) is 33.4. The van der Waals surface area contributed by atoms with Gasteiger partial charge in [0, 0.05) is 19.0 Å². The molecule has 22 N–H and O–H groups in total. The van der Waals surface area contributed by atoms with Crippen molar-refractivity contribution in [3.05, 3.63) is 35.4 Å². The lowest BCUT2D eigenvalue weighted by Crippen LogP contribution is -2.70. The van der Waals surface area contributed by atoms with E-state index in [2.05, 4.69) is 46.0 Å². The third-order valence-corrected chi connectivity index (χ3v) is 33.4. The predicted octanol–water partition coefficient (Wildman–Crippen LogP) is -3.83. The summed E-state index contributed by atoms with van der Waals surface area (Å²) in [5.41, 5.74) is -4.55. The summed E-state index contributed by atoms with van der Waals surface area (Å²) in [6, 6.07) is 5.25. The molecule has 1 amide bonds. The van der Waals surface area contributed by atoms with Crippen molar-refractivity contribution in [3.63, 3.8) is 0 Å². The summed E-state index contributed by atoms with van der Waals surface area (Å²) in [6.45, 7) is 13.5. The molecule has 141 heavy (non-hydrogen) atoms. The second-order valence-corrected chi connectivity index (χ2v) is 42.8. The summed E-state index contributed by atoms with van der Waals surface area (Å²) in [6.07, 6.45) is -62.0. The zero-order valence-electron chi connectivity index (χ0n) is 81.5. The van der Waals surface area contributed by atoms with E-state index in [1.165, 1.54) is 35.0 Å². The van der Waals surface area contributed by atoms with Crippen molar-refractivity contribution in [3.8, 4) is 11.5 Å². The number of aliphatic hydroxyl groups excluding tert-OH is 21. The molecule has 804 valence electrons. The Bertz CT molecular complexity index is 4290. The smallest absolute Gasteiger partial charge is 0.317 e. The van der Waals surface area contributed by atoms with E-state index in [9.17, 15) is 122 Å².